The molecule has 0 radical (unpaired) electrons. The molecule has 0 saturated heterocycles. The molecule has 100 valence electrons. The standard InChI is InChI=1S/C12H16N6O/c1-7-3-8(12(13)15-5-7)11(18-14)9-4-10(19-2)17-6-16-9/h3-6,11,18H,14H2,1-2H3,(H2,13,15). The predicted molar refractivity (Wildman–Crippen MR) is 71.1 cm³/mol. The molecule has 1 atom stereocenters. The van der Waals surface area contributed by atoms with Crippen LogP contribution in [0.25, 0.3) is 0 Å². The zero-order valence-electron chi connectivity index (χ0n) is 10.8. The number of pyridine rings is 1. The Morgan fingerprint density at radius 2 is 2.05 bits per heavy atom. The fourth-order valence-corrected chi connectivity index (χ4v) is 1.79. The van der Waals surface area contributed by atoms with E-state index in [2.05, 4.69) is 20.4 Å². The first kappa shape index (κ1) is 13.2. The molecule has 0 spiro atoms. The normalized spacial score (nSPS) is 12.2. The largest absolute Gasteiger partial charge is 0.481 e. The van der Waals surface area contributed by atoms with Gasteiger partial charge in [-0.2, -0.15) is 0 Å². The zero-order chi connectivity index (χ0) is 13.8. The van der Waals surface area contributed by atoms with Gasteiger partial charge in [0.2, 0.25) is 5.88 Å². The molecular formula is C12H16N6O. The number of anilines is 1. The molecule has 2 heterocycles. The van der Waals surface area contributed by atoms with E-state index in [4.69, 9.17) is 16.3 Å². The second-order valence-electron chi connectivity index (χ2n) is 4.07. The Morgan fingerprint density at radius 3 is 2.74 bits per heavy atom. The Bertz CT molecular complexity index is 574. The second kappa shape index (κ2) is 5.59. The van der Waals surface area contributed by atoms with Crippen molar-refractivity contribution in [1.82, 2.24) is 20.4 Å². The number of hydrogen-bond donors (Lipinski definition) is 3. The number of methoxy groups -OCH3 is 1. The highest BCUT2D eigenvalue weighted by Gasteiger charge is 2.18. The minimum absolute atomic E-state index is 0.371. The molecule has 0 aliphatic rings. The highest BCUT2D eigenvalue weighted by molar-refractivity contribution is 5.46. The van der Waals surface area contributed by atoms with E-state index in [9.17, 15) is 0 Å². The molecule has 0 aliphatic carbocycles. The zero-order valence-corrected chi connectivity index (χ0v) is 10.8. The van der Waals surface area contributed by atoms with Crippen LogP contribution in [-0.4, -0.2) is 22.1 Å². The van der Waals surface area contributed by atoms with E-state index in [1.807, 2.05) is 13.0 Å². The minimum Gasteiger partial charge on any atom is -0.481 e. The molecule has 0 amide bonds. The van der Waals surface area contributed by atoms with Gasteiger partial charge < -0.3 is 10.5 Å². The summed E-state index contributed by atoms with van der Waals surface area (Å²) in [6.07, 6.45) is 3.12. The van der Waals surface area contributed by atoms with Gasteiger partial charge in [-0.3, -0.25) is 5.84 Å². The first-order valence-electron chi connectivity index (χ1n) is 5.69. The number of nitrogens with two attached hydrogens (primary N) is 2. The Kier molecular flexibility index (Phi) is 3.88. The van der Waals surface area contributed by atoms with E-state index >= 15 is 0 Å². The average molecular weight is 260 g/mol. The average Bonchev–Trinajstić information content (AvgIpc) is 2.44. The molecule has 19 heavy (non-hydrogen) atoms. The molecule has 5 N–H and O–H groups in total. The van der Waals surface area contributed by atoms with E-state index in [1.165, 1.54) is 6.33 Å². The van der Waals surface area contributed by atoms with Gasteiger partial charge in [0.25, 0.3) is 0 Å². The molecule has 0 bridgehead atoms. The van der Waals surface area contributed by atoms with Crippen molar-refractivity contribution in [3.8, 4) is 5.88 Å². The first-order chi connectivity index (χ1) is 9.15. The number of rotatable bonds is 4. The second-order valence-corrected chi connectivity index (χ2v) is 4.07. The van der Waals surface area contributed by atoms with Crippen LogP contribution in [0.5, 0.6) is 5.88 Å². The van der Waals surface area contributed by atoms with Crippen LogP contribution in [0.2, 0.25) is 0 Å². The third-order valence-corrected chi connectivity index (χ3v) is 2.73. The van der Waals surface area contributed by atoms with E-state index in [0.717, 1.165) is 11.1 Å². The van der Waals surface area contributed by atoms with Gasteiger partial charge in [-0.1, -0.05) is 0 Å². The van der Waals surface area contributed by atoms with Crippen LogP contribution in [0.15, 0.2) is 24.7 Å². The fourth-order valence-electron chi connectivity index (χ4n) is 1.79. The number of nitrogens with zero attached hydrogens (tertiary/aromatic N) is 3. The summed E-state index contributed by atoms with van der Waals surface area (Å²) in [6, 6.07) is 3.25. The van der Waals surface area contributed by atoms with Gasteiger partial charge in [-0.25, -0.2) is 20.4 Å². The Hall–Kier alpha value is -2.25. The SMILES string of the molecule is COc1cc(C(NN)c2cc(C)cnc2N)ncn1. The summed E-state index contributed by atoms with van der Waals surface area (Å²) in [5, 5.41) is 0. The molecule has 0 aliphatic heterocycles. The lowest BCUT2D eigenvalue weighted by molar-refractivity contribution is 0.395. The number of aromatic nitrogens is 3. The van der Waals surface area contributed by atoms with Gasteiger partial charge in [0, 0.05) is 17.8 Å². The Labute approximate surface area is 111 Å². The lowest BCUT2D eigenvalue weighted by Crippen LogP contribution is -2.30. The maximum absolute atomic E-state index is 5.89. The van der Waals surface area contributed by atoms with Crippen LogP contribution in [0, 0.1) is 6.92 Å². The summed E-state index contributed by atoms with van der Waals surface area (Å²) in [5.41, 5.74) is 11.0. The first-order valence-corrected chi connectivity index (χ1v) is 5.69. The van der Waals surface area contributed by atoms with Gasteiger partial charge >= 0.3 is 0 Å². The fraction of sp³-hybridized carbons (Fsp3) is 0.250. The number of nitrogen functional groups attached to an aromatic ring is 1. The molecule has 2 aromatic rings. The molecule has 2 aromatic heterocycles. The highest BCUT2D eigenvalue weighted by atomic mass is 16.5. The van der Waals surface area contributed by atoms with Crippen molar-refractivity contribution < 1.29 is 4.74 Å². The molecule has 0 saturated carbocycles. The maximum atomic E-state index is 5.89. The quantitative estimate of drug-likeness (QED) is 0.536. The summed E-state index contributed by atoms with van der Waals surface area (Å²) in [4.78, 5) is 12.3. The third-order valence-electron chi connectivity index (χ3n) is 2.73. The number of ether oxygens (including phenoxy) is 1. The van der Waals surface area contributed by atoms with Crippen molar-refractivity contribution >= 4 is 5.82 Å². The topological polar surface area (TPSA) is 112 Å². The third kappa shape index (κ3) is 2.78. The van der Waals surface area contributed by atoms with Gasteiger partial charge in [-0.15, -0.1) is 0 Å². The summed E-state index contributed by atoms with van der Waals surface area (Å²) < 4.78 is 5.07. The van der Waals surface area contributed by atoms with Crippen molar-refractivity contribution in [1.29, 1.82) is 0 Å². The maximum Gasteiger partial charge on any atom is 0.216 e. The van der Waals surface area contributed by atoms with Crippen molar-refractivity contribution in [2.24, 2.45) is 5.84 Å². The van der Waals surface area contributed by atoms with Crippen molar-refractivity contribution in [3.63, 3.8) is 0 Å². The van der Waals surface area contributed by atoms with Crippen molar-refractivity contribution in [3.05, 3.63) is 41.5 Å². The highest BCUT2D eigenvalue weighted by Crippen LogP contribution is 2.25. The van der Waals surface area contributed by atoms with Gasteiger partial charge in [-0.05, 0) is 18.6 Å². The van der Waals surface area contributed by atoms with Gasteiger partial charge in [0.1, 0.15) is 12.1 Å². The lowest BCUT2D eigenvalue weighted by Gasteiger charge is -2.17. The van der Waals surface area contributed by atoms with E-state index < -0.39 is 0 Å². The van der Waals surface area contributed by atoms with E-state index in [1.54, 1.807) is 19.4 Å². The van der Waals surface area contributed by atoms with Crippen molar-refractivity contribution in [2.45, 2.75) is 13.0 Å². The van der Waals surface area contributed by atoms with Crippen LogP contribution in [0.1, 0.15) is 22.9 Å². The lowest BCUT2D eigenvalue weighted by atomic mass is 10.0. The number of aryl methyl sites for hydroxylation is 1. The molecule has 7 heteroatoms. The van der Waals surface area contributed by atoms with Crippen LogP contribution >= 0.6 is 0 Å². The van der Waals surface area contributed by atoms with E-state index in [0.29, 0.717) is 17.4 Å². The summed E-state index contributed by atoms with van der Waals surface area (Å²) in [7, 11) is 1.54. The summed E-state index contributed by atoms with van der Waals surface area (Å²) >= 11 is 0. The Morgan fingerprint density at radius 1 is 1.26 bits per heavy atom. The smallest absolute Gasteiger partial charge is 0.216 e. The molecule has 0 aromatic carbocycles. The molecule has 2 rings (SSSR count). The minimum atomic E-state index is -0.371. The van der Waals surface area contributed by atoms with Crippen LogP contribution in [0.4, 0.5) is 5.82 Å². The molecular weight excluding hydrogens is 244 g/mol. The molecule has 7 nitrogen and oxygen atoms in total. The van der Waals surface area contributed by atoms with Crippen LogP contribution in [-0.2, 0) is 0 Å². The van der Waals surface area contributed by atoms with Gasteiger partial charge in [0.05, 0.1) is 18.8 Å². The molecule has 1 unspecified atom stereocenters. The summed E-state index contributed by atoms with van der Waals surface area (Å²) in [5.74, 6) is 6.48. The number of nitrogens with one attached hydrogen (secondary N) is 1. The summed E-state index contributed by atoms with van der Waals surface area (Å²) in [6.45, 7) is 1.93. The van der Waals surface area contributed by atoms with Crippen LogP contribution < -0.4 is 21.7 Å². The Balaban J connectivity index is 2.46. The van der Waals surface area contributed by atoms with E-state index in [-0.39, 0.29) is 6.04 Å². The number of hydrazine groups is 1. The predicted octanol–water partition coefficient (Wildman–Crippen LogP) is 0.324. The molecule has 0 fully saturated rings. The monoisotopic (exact) mass is 260 g/mol. The van der Waals surface area contributed by atoms with Crippen molar-refractivity contribution in [2.75, 3.05) is 12.8 Å². The number of hydrogen-bond acceptors (Lipinski definition) is 7. The van der Waals surface area contributed by atoms with Gasteiger partial charge in [0.15, 0.2) is 0 Å². The van der Waals surface area contributed by atoms with Crippen LogP contribution in [0.3, 0.4) is 0 Å².